The van der Waals surface area contributed by atoms with E-state index >= 15 is 0 Å². The lowest BCUT2D eigenvalue weighted by molar-refractivity contribution is 1.16. The highest BCUT2D eigenvalue weighted by molar-refractivity contribution is 5.34. The van der Waals surface area contributed by atoms with Crippen molar-refractivity contribution in [3.63, 3.8) is 0 Å². The fraction of sp³-hybridized carbons (Fsp3) is 0.300. The van der Waals surface area contributed by atoms with Gasteiger partial charge in [0.2, 0.25) is 0 Å². The molecule has 2 N–H and O–H groups in total. The third-order valence-corrected chi connectivity index (χ3v) is 1.54. The molecule has 66 valence electrons. The Morgan fingerprint density at radius 1 is 1.58 bits per heavy atom. The maximum absolute atomic E-state index is 5.32. The van der Waals surface area contributed by atoms with Crippen molar-refractivity contribution < 1.29 is 0 Å². The summed E-state index contributed by atoms with van der Waals surface area (Å²) >= 11 is 0. The largest absolute Gasteiger partial charge is 0.327 e. The summed E-state index contributed by atoms with van der Waals surface area (Å²) in [5.41, 5.74) is 7.56. The number of nitrogens with zero attached hydrogens (tertiary/aromatic N) is 1. The fourth-order valence-corrected chi connectivity index (χ4v) is 0.823. The van der Waals surface area contributed by atoms with Crippen LogP contribution in [0.4, 0.5) is 0 Å². The van der Waals surface area contributed by atoms with E-state index in [0.29, 0.717) is 13.1 Å². The first-order valence-corrected chi connectivity index (χ1v) is 3.87. The summed E-state index contributed by atoms with van der Waals surface area (Å²) in [5, 5.41) is 0. The zero-order valence-electron chi connectivity index (χ0n) is 7.59. The summed E-state index contributed by atoms with van der Waals surface area (Å²) < 4.78 is 0. The topological polar surface area (TPSA) is 38.4 Å². The molecule has 2 heteroatoms. The molecule has 0 aromatic rings. The molecule has 12 heavy (non-hydrogen) atoms. The number of hydrogen-bond donors (Lipinski definition) is 1. The third-order valence-electron chi connectivity index (χ3n) is 1.54. The van der Waals surface area contributed by atoms with Gasteiger partial charge in [-0.2, -0.15) is 0 Å². The van der Waals surface area contributed by atoms with Gasteiger partial charge in [-0.05, 0) is 24.8 Å². The van der Waals surface area contributed by atoms with Crippen LogP contribution in [0.25, 0.3) is 0 Å². The van der Waals surface area contributed by atoms with E-state index in [9.17, 15) is 0 Å². The molecule has 0 fully saturated rings. The molecule has 0 aliphatic carbocycles. The first-order valence-electron chi connectivity index (χ1n) is 3.87. The van der Waals surface area contributed by atoms with E-state index in [-0.39, 0.29) is 0 Å². The monoisotopic (exact) mass is 164 g/mol. The molecule has 0 aliphatic rings. The first kappa shape index (κ1) is 10.8. The van der Waals surface area contributed by atoms with E-state index in [1.54, 1.807) is 6.08 Å². The van der Waals surface area contributed by atoms with Crippen LogP contribution in [0.1, 0.15) is 6.92 Å². The molecule has 0 aliphatic heterocycles. The molecule has 0 spiro atoms. The molecule has 0 amide bonds. The van der Waals surface area contributed by atoms with E-state index in [4.69, 9.17) is 5.73 Å². The van der Waals surface area contributed by atoms with Gasteiger partial charge in [-0.15, -0.1) is 0 Å². The zero-order chi connectivity index (χ0) is 9.40. The summed E-state index contributed by atoms with van der Waals surface area (Å²) in [6.45, 7) is 10.3. The van der Waals surface area contributed by atoms with Crippen LogP contribution in [0.15, 0.2) is 40.9 Å². The molecule has 2 nitrogen and oxygen atoms in total. The SMILES string of the molecule is C=C/C(CN=C)=C(C)/C=C\CN. The van der Waals surface area contributed by atoms with Crippen LogP contribution in [-0.4, -0.2) is 19.8 Å². The van der Waals surface area contributed by atoms with Gasteiger partial charge in [0.1, 0.15) is 0 Å². The molecular formula is C10H16N2. The summed E-state index contributed by atoms with van der Waals surface area (Å²) in [4.78, 5) is 3.79. The van der Waals surface area contributed by atoms with Crippen molar-refractivity contribution in [1.29, 1.82) is 0 Å². The Bertz CT molecular complexity index is 212. The Morgan fingerprint density at radius 3 is 2.67 bits per heavy atom. The molecule has 0 atom stereocenters. The summed E-state index contributed by atoms with van der Waals surface area (Å²) in [7, 11) is 0. The van der Waals surface area contributed by atoms with Gasteiger partial charge in [0.05, 0.1) is 6.54 Å². The summed E-state index contributed by atoms with van der Waals surface area (Å²) in [5.74, 6) is 0. The molecule has 0 bridgehead atoms. The van der Waals surface area contributed by atoms with E-state index in [1.807, 2.05) is 19.1 Å². The molecule has 0 rings (SSSR count). The smallest absolute Gasteiger partial charge is 0.0634 e. The van der Waals surface area contributed by atoms with Crippen molar-refractivity contribution in [2.75, 3.05) is 13.1 Å². The minimum atomic E-state index is 0.559. The van der Waals surface area contributed by atoms with Crippen LogP contribution >= 0.6 is 0 Å². The van der Waals surface area contributed by atoms with Crippen LogP contribution < -0.4 is 5.73 Å². The van der Waals surface area contributed by atoms with Crippen molar-refractivity contribution in [2.45, 2.75) is 6.92 Å². The molecule has 0 aromatic heterocycles. The van der Waals surface area contributed by atoms with Gasteiger partial charge in [0.15, 0.2) is 0 Å². The van der Waals surface area contributed by atoms with Gasteiger partial charge >= 0.3 is 0 Å². The van der Waals surface area contributed by atoms with Gasteiger partial charge in [0, 0.05) is 6.54 Å². The Kier molecular flexibility index (Phi) is 5.93. The van der Waals surface area contributed by atoms with E-state index in [1.165, 1.54) is 0 Å². The van der Waals surface area contributed by atoms with E-state index in [2.05, 4.69) is 18.3 Å². The molecule has 0 saturated carbocycles. The van der Waals surface area contributed by atoms with Gasteiger partial charge in [-0.1, -0.05) is 24.8 Å². The van der Waals surface area contributed by atoms with Crippen molar-refractivity contribution in [3.05, 3.63) is 36.0 Å². The second-order valence-electron chi connectivity index (χ2n) is 2.43. The maximum Gasteiger partial charge on any atom is 0.0634 e. The fourth-order valence-electron chi connectivity index (χ4n) is 0.823. The Labute approximate surface area is 74.2 Å². The summed E-state index contributed by atoms with van der Waals surface area (Å²) in [6, 6.07) is 0. The van der Waals surface area contributed by atoms with Crippen LogP contribution in [0, 0.1) is 0 Å². The highest BCUT2D eigenvalue weighted by Crippen LogP contribution is 2.06. The third kappa shape index (κ3) is 3.88. The van der Waals surface area contributed by atoms with Gasteiger partial charge in [-0.25, -0.2) is 0 Å². The van der Waals surface area contributed by atoms with Crippen molar-refractivity contribution in [2.24, 2.45) is 10.7 Å². The Hall–Kier alpha value is -1.15. The highest BCUT2D eigenvalue weighted by Gasteiger charge is 1.92. The molecule has 0 aromatic carbocycles. The molecule has 0 heterocycles. The van der Waals surface area contributed by atoms with Crippen LogP contribution in [0.2, 0.25) is 0 Å². The van der Waals surface area contributed by atoms with E-state index < -0.39 is 0 Å². The number of hydrogen-bond acceptors (Lipinski definition) is 2. The molecule has 0 unspecified atom stereocenters. The lowest BCUT2D eigenvalue weighted by Gasteiger charge is -1.99. The first-order chi connectivity index (χ1) is 5.76. The van der Waals surface area contributed by atoms with Crippen molar-refractivity contribution in [1.82, 2.24) is 0 Å². The van der Waals surface area contributed by atoms with Crippen LogP contribution in [0.5, 0.6) is 0 Å². The Balaban J connectivity index is 4.46. The highest BCUT2D eigenvalue weighted by atomic mass is 14.7. The lowest BCUT2D eigenvalue weighted by Crippen LogP contribution is -1.93. The van der Waals surface area contributed by atoms with E-state index in [0.717, 1.165) is 11.1 Å². The second-order valence-corrected chi connectivity index (χ2v) is 2.43. The lowest BCUT2D eigenvalue weighted by atomic mass is 10.1. The van der Waals surface area contributed by atoms with Crippen LogP contribution in [-0.2, 0) is 0 Å². The predicted octanol–water partition coefficient (Wildman–Crippen LogP) is 1.70. The molecule has 0 saturated heterocycles. The maximum atomic E-state index is 5.32. The Morgan fingerprint density at radius 2 is 2.25 bits per heavy atom. The minimum absolute atomic E-state index is 0.559. The normalized spacial score (nSPS) is 12.8. The molecular weight excluding hydrogens is 148 g/mol. The van der Waals surface area contributed by atoms with Crippen molar-refractivity contribution >= 4 is 6.72 Å². The second kappa shape index (κ2) is 6.55. The number of nitrogens with two attached hydrogens (primary N) is 1. The van der Waals surface area contributed by atoms with Gasteiger partial charge in [0.25, 0.3) is 0 Å². The van der Waals surface area contributed by atoms with Crippen molar-refractivity contribution in [3.8, 4) is 0 Å². The quantitative estimate of drug-likeness (QED) is 0.487. The van der Waals surface area contributed by atoms with Gasteiger partial charge < -0.3 is 5.73 Å². The average Bonchev–Trinajstić information content (AvgIpc) is 2.10. The molecule has 0 radical (unpaired) electrons. The predicted molar refractivity (Wildman–Crippen MR) is 55.5 cm³/mol. The number of aliphatic imine (C=N–C) groups is 1. The summed E-state index contributed by atoms with van der Waals surface area (Å²) in [6.07, 6.45) is 5.68. The van der Waals surface area contributed by atoms with Gasteiger partial charge in [-0.3, -0.25) is 4.99 Å². The number of allylic oxidation sites excluding steroid dienone is 2. The standard InChI is InChI=1S/C10H16N2/c1-4-10(8-12-3)9(2)6-5-7-11/h4-6H,1,3,7-8,11H2,2H3/b6-5-,10-9-. The minimum Gasteiger partial charge on any atom is -0.327 e. The average molecular weight is 164 g/mol. The number of rotatable bonds is 5. The zero-order valence-corrected chi connectivity index (χ0v) is 7.59. The van der Waals surface area contributed by atoms with Crippen LogP contribution in [0.3, 0.4) is 0 Å².